The average Bonchev–Trinajstić information content (AvgIpc) is 2.93. The van der Waals surface area contributed by atoms with E-state index in [-0.39, 0.29) is 18.1 Å². The molecule has 2 aliphatic rings. The van der Waals surface area contributed by atoms with Crippen molar-refractivity contribution in [1.29, 1.82) is 0 Å². The lowest BCUT2D eigenvalue weighted by Crippen LogP contribution is -2.46. The van der Waals surface area contributed by atoms with Crippen molar-refractivity contribution in [3.63, 3.8) is 0 Å². The lowest BCUT2D eigenvalue weighted by molar-refractivity contribution is 0.0541. The first-order valence-corrected chi connectivity index (χ1v) is 7.40. The van der Waals surface area contributed by atoms with Crippen molar-refractivity contribution in [3.05, 3.63) is 22.9 Å². The van der Waals surface area contributed by atoms with E-state index in [2.05, 4.69) is 4.98 Å². The number of fused-ring (bicyclic) bond motifs is 1. The van der Waals surface area contributed by atoms with E-state index >= 15 is 0 Å². The fraction of sp³-hybridized carbons (Fsp3) is 0.600. The van der Waals surface area contributed by atoms with E-state index < -0.39 is 12.1 Å². The highest BCUT2D eigenvalue weighted by Gasteiger charge is 2.31. The Morgan fingerprint density at radius 1 is 1.43 bits per heavy atom. The van der Waals surface area contributed by atoms with Gasteiger partial charge >= 0.3 is 5.97 Å². The molecule has 1 aromatic heterocycles. The van der Waals surface area contributed by atoms with Crippen LogP contribution in [0.5, 0.6) is 0 Å². The summed E-state index contributed by atoms with van der Waals surface area (Å²) in [5, 5.41) is 28.7. The van der Waals surface area contributed by atoms with Gasteiger partial charge in [0.05, 0.1) is 6.10 Å². The van der Waals surface area contributed by atoms with E-state index in [9.17, 15) is 20.1 Å². The van der Waals surface area contributed by atoms with Gasteiger partial charge in [0.2, 0.25) is 0 Å². The number of carboxylic acid groups (broad SMARTS) is 1. The number of nitrogens with zero attached hydrogens (tertiary/aromatic N) is 2. The number of aliphatic hydroxyl groups is 2. The average molecular weight is 292 g/mol. The molecule has 6 nitrogen and oxygen atoms in total. The van der Waals surface area contributed by atoms with Crippen molar-refractivity contribution in [2.75, 3.05) is 24.6 Å². The lowest BCUT2D eigenvalue weighted by Gasteiger charge is -2.36. The first kappa shape index (κ1) is 14.3. The van der Waals surface area contributed by atoms with E-state index in [0.29, 0.717) is 25.3 Å². The highest BCUT2D eigenvalue weighted by atomic mass is 16.4. The van der Waals surface area contributed by atoms with Crippen molar-refractivity contribution in [1.82, 2.24) is 4.98 Å². The molecule has 0 saturated carbocycles. The van der Waals surface area contributed by atoms with Gasteiger partial charge in [0.25, 0.3) is 0 Å². The van der Waals surface area contributed by atoms with Gasteiger partial charge in [-0.05, 0) is 37.3 Å². The minimum Gasteiger partial charge on any atom is -0.478 e. The van der Waals surface area contributed by atoms with Crippen LogP contribution in [0.4, 0.5) is 5.82 Å². The Labute approximate surface area is 123 Å². The van der Waals surface area contributed by atoms with E-state index in [0.717, 1.165) is 30.5 Å². The number of carbonyl (C=O) groups is 1. The molecule has 21 heavy (non-hydrogen) atoms. The number of aromatic nitrogens is 1. The third kappa shape index (κ3) is 2.61. The monoisotopic (exact) mass is 292 g/mol. The summed E-state index contributed by atoms with van der Waals surface area (Å²) < 4.78 is 0. The molecule has 2 heterocycles. The van der Waals surface area contributed by atoms with Crippen LogP contribution < -0.4 is 4.90 Å². The van der Waals surface area contributed by atoms with Gasteiger partial charge in [0.1, 0.15) is 11.4 Å². The molecule has 1 aromatic rings. The molecular formula is C15H20N2O4. The van der Waals surface area contributed by atoms with Crippen molar-refractivity contribution < 1.29 is 20.1 Å². The summed E-state index contributed by atoms with van der Waals surface area (Å²) in [6, 6.07) is 1.73. The molecule has 0 spiro atoms. The molecule has 1 aliphatic heterocycles. The molecule has 3 rings (SSSR count). The Bertz CT molecular complexity index is 561. The molecule has 0 bridgehead atoms. The Balaban J connectivity index is 1.93. The van der Waals surface area contributed by atoms with Crippen molar-refractivity contribution in [3.8, 4) is 0 Å². The van der Waals surface area contributed by atoms with Gasteiger partial charge in [-0.25, -0.2) is 9.78 Å². The van der Waals surface area contributed by atoms with Crippen LogP contribution in [0.1, 0.15) is 34.5 Å². The van der Waals surface area contributed by atoms with Crippen molar-refractivity contribution >= 4 is 11.8 Å². The number of aliphatic hydroxyl groups excluding tert-OH is 2. The van der Waals surface area contributed by atoms with Crippen LogP contribution >= 0.6 is 0 Å². The number of pyridine rings is 1. The highest BCUT2D eigenvalue weighted by Crippen LogP contribution is 2.30. The van der Waals surface area contributed by atoms with Crippen LogP contribution in [0.3, 0.4) is 0 Å². The SMILES string of the molecule is O=C(O)c1cc2c(nc1N1CC[C@H](CO)[C@H](O)C1)CCC2. The van der Waals surface area contributed by atoms with Crippen molar-refractivity contribution in [2.45, 2.75) is 31.8 Å². The zero-order chi connectivity index (χ0) is 15.0. The molecule has 114 valence electrons. The third-order valence-corrected chi connectivity index (χ3v) is 4.52. The minimum absolute atomic E-state index is 0.0432. The molecule has 1 fully saturated rings. The number of rotatable bonds is 3. The smallest absolute Gasteiger partial charge is 0.339 e. The molecule has 1 saturated heterocycles. The maximum Gasteiger partial charge on any atom is 0.339 e. The Morgan fingerprint density at radius 2 is 2.24 bits per heavy atom. The summed E-state index contributed by atoms with van der Waals surface area (Å²) in [7, 11) is 0. The van der Waals surface area contributed by atoms with Crippen LogP contribution in [0, 0.1) is 5.92 Å². The second-order valence-corrected chi connectivity index (χ2v) is 5.87. The molecule has 0 unspecified atom stereocenters. The highest BCUT2D eigenvalue weighted by molar-refractivity contribution is 5.93. The van der Waals surface area contributed by atoms with Gasteiger partial charge in [0, 0.05) is 31.3 Å². The molecule has 0 aromatic carbocycles. The molecule has 0 amide bonds. The maximum absolute atomic E-state index is 11.5. The number of aryl methyl sites for hydroxylation is 2. The fourth-order valence-corrected chi connectivity index (χ4v) is 3.25. The zero-order valence-electron chi connectivity index (χ0n) is 11.8. The standard InChI is InChI=1S/C15H20N2O4/c18-8-10-4-5-17(7-13(10)19)14-11(15(20)21)6-9-2-1-3-12(9)16-14/h6,10,13,18-19H,1-5,7-8H2,(H,20,21)/t10-,13-/m1/s1. The molecule has 2 atom stereocenters. The Morgan fingerprint density at radius 3 is 2.90 bits per heavy atom. The minimum atomic E-state index is -0.981. The summed E-state index contributed by atoms with van der Waals surface area (Å²) in [5.41, 5.74) is 2.22. The van der Waals surface area contributed by atoms with Crippen LogP contribution in [-0.4, -0.2) is 52.1 Å². The lowest BCUT2D eigenvalue weighted by atomic mass is 9.94. The molecular weight excluding hydrogens is 272 g/mol. The number of piperidine rings is 1. The predicted molar refractivity (Wildman–Crippen MR) is 76.6 cm³/mol. The van der Waals surface area contributed by atoms with E-state index in [1.54, 1.807) is 6.07 Å². The second kappa shape index (κ2) is 5.61. The van der Waals surface area contributed by atoms with Crippen LogP contribution in [0.2, 0.25) is 0 Å². The summed E-state index contributed by atoms with van der Waals surface area (Å²) in [6.07, 6.45) is 2.77. The summed E-state index contributed by atoms with van der Waals surface area (Å²) >= 11 is 0. The molecule has 6 heteroatoms. The van der Waals surface area contributed by atoms with Crippen LogP contribution in [-0.2, 0) is 12.8 Å². The van der Waals surface area contributed by atoms with E-state index in [1.807, 2.05) is 4.90 Å². The van der Waals surface area contributed by atoms with Gasteiger partial charge in [-0.1, -0.05) is 0 Å². The maximum atomic E-state index is 11.5. The third-order valence-electron chi connectivity index (χ3n) is 4.52. The number of carboxylic acids is 1. The normalized spacial score (nSPS) is 25.0. The van der Waals surface area contributed by atoms with Crippen LogP contribution in [0.15, 0.2) is 6.07 Å². The van der Waals surface area contributed by atoms with E-state index in [4.69, 9.17) is 0 Å². The number of anilines is 1. The summed E-state index contributed by atoms with van der Waals surface area (Å²) in [6.45, 7) is 0.879. The zero-order valence-corrected chi connectivity index (χ0v) is 11.8. The van der Waals surface area contributed by atoms with E-state index in [1.165, 1.54) is 0 Å². The van der Waals surface area contributed by atoms with Gasteiger partial charge in [-0.2, -0.15) is 0 Å². The van der Waals surface area contributed by atoms with Gasteiger partial charge in [0.15, 0.2) is 0 Å². The Kier molecular flexibility index (Phi) is 3.82. The first-order chi connectivity index (χ1) is 10.1. The number of β-amino-alcohol motifs (C(OH)–C–C–N with tert-alkyl or cyclic N) is 1. The number of hydrogen-bond acceptors (Lipinski definition) is 5. The quantitative estimate of drug-likeness (QED) is 0.749. The largest absolute Gasteiger partial charge is 0.478 e. The molecule has 3 N–H and O–H groups in total. The first-order valence-electron chi connectivity index (χ1n) is 7.40. The fourth-order valence-electron chi connectivity index (χ4n) is 3.25. The van der Waals surface area contributed by atoms with Gasteiger partial charge < -0.3 is 20.2 Å². The predicted octanol–water partition coefficient (Wildman–Crippen LogP) is 0.448. The topological polar surface area (TPSA) is 93.9 Å². The van der Waals surface area contributed by atoms with Crippen LogP contribution in [0.25, 0.3) is 0 Å². The Hall–Kier alpha value is -1.66. The van der Waals surface area contributed by atoms with Gasteiger partial charge in [-0.15, -0.1) is 0 Å². The second-order valence-electron chi connectivity index (χ2n) is 5.87. The summed E-state index contributed by atoms with van der Waals surface area (Å²) in [4.78, 5) is 17.9. The molecule has 0 radical (unpaired) electrons. The number of aromatic carboxylic acids is 1. The summed E-state index contributed by atoms with van der Waals surface area (Å²) in [5.74, 6) is -0.659. The van der Waals surface area contributed by atoms with Crippen molar-refractivity contribution in [2.24, 2.45) is 5.92 Å². The molecule has 1 aliphatic carbocycles. The van der Waals surface area contributed by atoms with Gasteiger partial charge in [-0.3, -0.25) is 0 Å². The number of hydrogen-bond donors (Lipinski definition) is 3.